The molecule has 0 bridgehead atoms. The Labute approximate surface area is 189 Å². The number of carbonyl (C=O) groups excluding carboxylic acids is 2. The zero-order chi connectivity index (χ0) is 23.4. The molecule has 0 atom stereocenters. The number of aromatic nitrogens is 1. The Bertz CT molecular complexity index is 1160. The van der Waals surface area contributed by atoms with Crippen LogP contribution in [0.2, 0.25) is 0 Å². The Balaban J connectivity index is 1.34. The highest BCUT2D eigenvalue weighted by molar-refractivity contribution is 6.04. The van der Waals surface area contributed by atoms with Crippen molar-refractivity contribution in [2.24, 2.45) is 0 Å². The van der Waals surface area contributed by atoms with Crippen LogP contribution in [-0.4, -0.2) is 55.0 Å². The summed E-state index contributed by atoms with van der Waals surface area (Å²) in [7, 11) is 1.37. The number of methoxy groups -OCH3 is 1. The van der Waals surface area contributed by atoms with E-state index in [4.69, 9.17) is 4.74 Å². The fraction of sp³-hybridized carbons (Fsp3) is 0.208. The Morgan fingerprint density at radius 3 is 2.36 bits per heavy atom. The maximum Gasteiger partial charge on any atom is 0.258 e. The van der Waals surface area contributed by atoms with Crippen LogP contribution < -0.4 is 15.0 Å². The van der Waals surface area contributed by atoms with Crippen molar-refractivity contribution in [3.63, 3.8) is 0 Å². The van der Waals surface area contributed by atoms with Gasteiger partial charge in [-0.05, 0) is 42.5 Å². The molecule has 0 aliphatic carbocycles. The Hall–Kier alpha value is -4.01. The van der Waals surface area contributed by atoms with E-state index >= 15 is 0 Å². The summed E-state index contributed by atoms with van der Waals surface area (Å²) in [6.45, 7) is 2.02. The lowest BCUT2D eigenvalue weighted by Crippen LogP contribution is -2.49. The molecule has 1 aliphatic heterocycles. The van der Waals surface area contributed by atoms with Crippen molar-refractivity contribution in [3.05, 3.63) is 83.6 Å². The zero-order valence-corrected chi connectivity index (χ0v) is 17.9. The van der Waals surface area contributed by atoms with Crippen molar-refractivity contribution in [2.75, 3.05) is 43.5 Å². The number of benzene rings is 2. The molecule has 7 nitrogen and oxygen atoms in total. The normalized spacial score (nSPS) is 13.5. The van der Waals surface area contributed by atoms with Gasteiger partial charge in [-0.3, -0.25) is 9.59 Å². The average molecular weight is 452 g/mol. The van der Waals surface area contributed by atoms with Crippen LogP contribution in [0.5, 0.6) is 5.75 Å². The number of pyridine rings is 1. The molecule has 33 heavy (non-hydrogen) atoms. The van der Waals surface area contributed by atoms with Gasteiger partial charge in [-0.25, -0.2) is 13.8 Å². The molecule has 1 saturated heterocycles. The van der Waals surface area contributed by atoms with Crippen LogP contribution in [0.25, 0.3) is 0 Å². The van der Waals surface area contributed by atoms with Gasteiger partial charge in [0.05, 0.1) is 24.6 Å². The summed E-state index contributed by atoms with van der Waals surface area (Å²) in [6.07, 6.45) is 1.51. The van der Waals surface area contributed by atoms with Crippen molar-refractivity contribution in [3.8, 4) is 5.75 Å². The summed E-state index contributed by atoms with van der Waals surface area (Å²) in [5.41, 5.74) is 0.677. The molecule has 1 aromatic heterocycles. The van der Waals surface area contributed by atoms with Crippen LogP contribution in [0.1, 0.15) is 20.7 Å². The Morgan fingerprint density at radius 2 is 1.73 bits per heavy atom. The van der Waals surface area contributed by atoms with Gasteiger partial charge in [0.25, 0.3) is 11.8 Å². The highest BCUT2D eigenvalue weighted by Gasteiger charge is 2.23. The monoisotopic (exact) mass is 452 g/mol. The van der Waals surface area contributed by atoms with Crippen LogP contribution in [0, 0.1) is 11.6 Å². The van der Waals surface area contributed by atoms with E-state index in [0.717, 1.165) is 0 Å². The SMILES string of the molecule is COc1ccc(C(=O)N2CCN(c3ccc(NC(=O)c4ccccc4F)cn3)CC2)cc1F. The number of hydrogen-bond acceptors (Lipinski definition) is 5. The first kappa shape index (κ1) is 22.2. The Kier molecular flexibility index (Phi) is 6.48. The third kappa shape index (κ3) is 4.92. The lowest BCUT2D eigenvalue weighted by molar-refractivity contribution is 0.0745. The quantitative estimate of drug-likeness (QED) is 0.641. The standard InChI is InChI=1S/C24H22F2N4O3/c1-33-21-8-6-16(14-20(21)26)24(32)30-12-10-29(11-13-30)22-9-7-17(15-27-22)28-23(31)18-4-2-3-5-19(18)25/h2-9,14-15H,10-13H2,1H3,(H,28,31). The molecule has 9 heteroatoms. The molecule has 2 aromatic carbocycles. The molecular formula is C24H22F2N4O3. The van der Waals surface area contributed by atoms with E-state index in [0.29, 0.717) is 37.7 Å². The van der Waals surface area contributed by atoms with E-state index in [2.05, 4.69) is 10.3 Å². The fourth-order valence-corrected chi connectivity index (χ4v) is 3.61. The van der Waals surface area contributed by atoms with Crippen molar-refractivity contribution < 1.29 is 23.1 Å². The molecule has 0 unspecified atom stereocenters. The highest BCUT2D eigenvalue weighted by atomic mass is 19.1. The van der Waals surface area contributed by atoms with Gasteiger partial charge in [0, 0.05) is 31.7 Å². The van der Waals surface area contributed by atoms with E-state index in [-0.39, 0.29) is 22.8 Å². The third-order valence-electron chi connectivity index (χ3n) is 5.41. The fourth-order valence-electron chi connectivity index (χ4n) is 3.61. The molecule has 0 spiro atoms. The largest absolute Gasteiger partial charge is 0.494 e. The zero-order valence-electron chi connectivity index (χ0n) is 17.9. The van der Waals surface area contributed by atoms with Crippen LogP contribution in [0.3, 0.4) is 0 Å². The van der Waals surface area contributed by atoms with Gasteiger partial charge in [0.15, 0.2) is 11.6 Å². The molecule has 2 heterocycles. The molecule has 3 aromatic rings. The highest BCUT2D eigenvalue weighted by Crippen LogP contribution is 2.21. The maximum atomic E-state index is 13.9. The van der Waals surface area contributed by atoms with E-state index in [1.54, 1.807) is 29.2 Å². The number of ether oxygens (including phenoxy) is 1. The first-order valence-corrected chi connectivity index (χ1v) is 10.4. The van der Waals surface area contributed by atoms with Gasteiger partial charge in [0.1, 0.15) is 11.6 Å². The summed E-state index contributed by atoms with van der Waals surface area (Å²) < 4.78 is 32.6. The minimum absolute atomic E-state index is 0.0425. The molecule has 0 saturated carbocycles. The van der Waals surface area contributed by atoms with Gasteiger partial charge in [-0.1, -0.05) is 12.1 Å². The first-order valence-electron chi connectivity index (χ1n) is 10.4. The van der Waals surface area contributed by atoms with Gasteiger partial charge >= 0.3 is 0 Å². The average Bonchev–Trinajstić information content (AvgIpc) is 2.84. The molecule has 2 amide bonds. The minimum Gasteiger partial charge on any atom is -0.494 e. The molecule has 4 rings (SSSR count). The van der Waals surface area contributed by atoms with Crippen LogP contribution in [0.4, 0.5) is 20.3 Å². The molecule has 1 N–H and O–H groups in total. The number of rotatable bonds is 5. The topological polar surface area (TPSA) is 74.8 Å². The smallest absolute Gasteiger partial charge is 0.258 e. The molecule has 1 aliphatic rings. The van der Waals surface area contributed by atoms with Gasteiger partial charge in [-0.2, -0.15) is 0 Å². The number of anilines is 2. The number of piperazine rings is 1. The van der Waals surface area contributed by atoms with E-state index in [1.807, 2.05) is 4.90 Å². The lowest BCUT2D eigenvalue weighted by atomic mass is 10.1. The third-order valence-corrected chi connectivity index (χ3v) is 5.41. The molecule has 170 valence electrons. The number of hydrogen-bond donors (Lipinski definition) is 1. The van der Waals surface area contributed by atoms with E-state index < -0.39 is 17.5 Å². The number of halogens is 2. The second-order valence-corrected chi connectivity index (χ2v) is 7.47. The van der Waals surface area contributed by atoms with E-state index in [9.17, 15) is 18.4 Å². The number of amides is 2. The summed E-state index contributed by atoms with van der Waals surface area (Å²) >= 11 is 0. The summed E-state index contributed by atoms with van der Waals surface area (Å²) in [5, 5.41) is 2.63. The van der Waals surface area contributed by atoms with Crippen molar-refractivity contribution in [2.45, 2.75) is 0 Å². The van der Waals surface area contributed by atoms with Gasteiger partial charge in [-0.15, -0.1) is 0 Å². The summed E-state index contributed by atoms with van der Waals surface area (Å²) in [5.74, 6) is -1.17. The number of carbonyl (C=O) groups is 2. The predicted molar refractivity (Wildman–Crippen MR) is 120 cm³/mol. The lowest BCUT2D eigenvalue weighted by Gasteiger charge is -2.35. The van der Waals surface area contributed by atoms with Crippen LogP contribution in [-0.2, 0) is 0 Å². The van der Waals surface area contributed by atoms with Gasteiger partial charge in [0.2, 0.25) is 0 Å². The molecular weight excluding hydrogens is 430 g/mol. The Morgan fingerprint density at radius 1 is 0.970 bits per heavy atom. The van der Waals surface area contributed by atoms with E-state index in [1.165, 1.54) is 43.6 Å². The maximum absolute atomic E-state index is 13.9. The summed E-state index contributed by atoms with van der Waals surface area (Å²) in [4.78, 5) is 33.0. The van der Waals surface area contributed by atoms with Crippen molar-refractivity contribution in [1.29, 1.82) is 0 Å². The predicted octanol–water partition coefficient (Wildman–Crippen LogP) is 3.58. The second-order valence-electron chi connectivity index (χ2n) is 7.47. The summed E-state index contributed by atoms with van der Waals surface area (Å²) in [6, 6.07) is 13.4. The van der Waals surface area contributed by atoms with Crippen LogP contribution >= 0.6 is 0 Å². The molecule has 0 radical (unpaired) electrons. The van der Waals surface area contributed by atoms with Crippen molar-refractivity contribution >= 4 is 23.3 Å². The number of nitrogens with one attached hydrogen (secondary N) is 1. The number of nitrogens with zero attached hydrogens (tertiary/aromatic N) is 3. The minimum atomic E-state index is -0.593. The second kappa shape index (κ2) is 9.64. The molecule has 1 fully saturated rings. The first-order chi connectivity index (χ1) is 16.0. The van der Waals surface area contributed by atoms with Crippen molar-refractivity contribution in [1.82, 2.24) is 9.88 Å². The van der Waals surface area contributed by atoms with Crippen LogP contribution in [0.15, 0.2) is 60.8 Å². The van der Waals surface area contributed by atoms with Gasteiger partial charge < -0.3 is 19.9 Å².